The van der Waals surface area contributed by atoms with Gasteiger partial charge in [0.25, 0.3) is 10.0 Å². The molecule has 3 aromatic carbocycles. The fourth-order valence-electron chi connectivity index (χ4n) is 3.71. The number of hydrogen-bond donors (Lipinski definition) is 2. The number of carbonyl (C=O) groups excluding carboxylic acids is 1. The van der Waals surface area contributed by atoms with Crippen LogP contribution in [0.3, 0.4) is 0 Å². The van der Waals surface area contributed by atoms with Gasteiger partial charge in [-0.3, -0.25) is 4.79 Å². The maximum absolute atomic E-state index is 13.1. The average Bonchev–Trinajstić information content (AvgIpc) is 3.35. The van der Waals surface area contributed by atoms with E-state index >= 15 is 0 Å². The fraction of sp³-hybridized carbons (Fsp3) is 0.107. The highest BCUT2D eigenvalue weighted by Gasteiger charge is 2.16. The van der Waals surface area contributed by atoms with Gasteiger partial charge < -0.3 is 16.0 Å². The maximum atomic E-state index is 13.1. The van der Waals surface area contributed by atoms with E-state index in [4.69, 9.17) is 5.73 Å². The van der Waals surface area contributed by atoms with Crippen LogP contribution in [-0.4, -0.2) is 37.3 Å². The van der Waals surface area contributed by atoms with Crippen molar-refractivity contribution >= 4 is 33.4 Å². The van der Waals surface area contributed by atoms with Crippen molar-refractivity contribution in [3.05, 3.63) is 108 Å². The first kappa shape index (κ1) is 25.0. The van der Waals surface area contributed by atoms with Crippen LogP contribution in [0.5, 0.6) is 0 Å². The van der Waals surface area contributed by atoms with Gasteiger partial charge in [-0.1, -0.05) is 48.5 Å². The SMILES string of the molecule is CN(C)Cc1ccc(-c2ccc(S(=O)(=O)n3ccc(C=CC(=O)Nc4ccccc4N)c3)cc2)cc1. The number of amides is 1. The van der Waals surface area contributed by atoms with Crippen molar-refractivity contribution in [3.8, 4) is 11.1 Å². The lowest BCUT2D eigenvalue weighted by Gasteiger charge is -2.10. The van der Waals surface area contributed by atoms with E-state index in [-0.39, 0.29) is 10.8 Å². The van der Waals surface area contributed by atoms with Gasteiger partial charge in [-0.15, -0.1) is 0 Å². The highest BCUT2D eigenvalue weighted by Crippen LogP contribution is 2.24. The maximum Gasteiger partial charge on any atom is 0.267 e. The number of anilines is 2. The number of rotatable bonds is 8. The zero-order chi connectivity index (χ0) is 25.7. The first-order valence-corrected chi connectivity index (χ1v) is 12.8. The molecule has 1 amide bonds. The normalized spacial score (nSPS) is 11.8. The van der Waals surface area contributed by atoms with E-state index in [1.165, 1.54) is 24.0 Å². The molecule has 0 saturated heterocycles. The second-order valence-corrected chi connectivity index (χ2v) is 10.5. The van der Waals surface area contributed by atoms with Crippen LogP contribution in [0.4, 0.5) is 11.4 Å². The Morgan fingerprint density at radius 3 is 2.22 bits per heavy atom. The van der Waals surface area contributed by atoms with Crippen molar-refractivity contribution in [2.45, 2.75) is 11.4 Å². The molecule has 1 aromatic heterocycles. The van der Waals surface area contributed by atoms with Gasteiger partial charge in [0.15, 0.2) is 0 Å². The van der Waals surface area contributed by atoms with Gasteiger partial charge >= 0.3 is 0 Å². The summed E-state index contributed by atoms with van der Waals surface area (Å²) in [6, 6.07) is 23.6. The molecule has 0 spiro atoms. The van der Waals surface area contributed by atoms with Gasteiger partial charge in [0.05, 0.1) is 16.3 Å². The van der Waals surface area contributed by atoms with E-state index in [1.807, 2.05) is 26.2 Å². The lowest BCUT2D eigenvalue weighted by atomic mass is 10.0. The van der Waals surface area contributed by atoms with Crippen molar-refractivity contribution in [1.29, 1.82) is 0 Å². The molecule has 0 unspecified atom stereocenters. The van der Waals surface area contributed by atoms with Gasteiger partial charge in [0.1, 0.15) is 0 Å². The monoisotopic (exact) mass is 500 g/mol. The zero-order valence-electron chi connectivity index (χ0n) is 20.1. The van der Waals surface area contributed by atoms with E-state index in [0.717, 1.165) is 21.6 Å². The van der Waals surface area contributed by atoms with E-state index in [2.05, 4.69) is 22.3 Å². The molecule has 0 aliphatic carbocycles. The van der Waals surface area contributed by atoms with Crippen LogP contribution < -0.4 is 11.1 Å². The van der Waals surface area contributed by atoms with Crippen LogP contribution in [0.1, 0.15) is 11.1 Å². The van der Waals surface area contributed by atoms with E-state index < -0.39 is 10.0 Å². The van der Waals surface area contributed by atoms with Crippen molar-refractivity contribution in [2.24, 2.45) is 0 Å². The van der Waals surface area contributed by atoms with Crippen molar-refractivity contribution in [2.75, 3.05) is 25.1 Å². The number of nitrogens with one attached hydrogen (secondary N) is 1. The molecule has 3 N–H and O–H groups in total. The summed E-state index contributed by atoms with van der Waals surface area (Å²) in [6.45, 7) is 0.859. The Labute approximate surface area is 211 Å². The van der Waals surface area contributed by atoms with E-state index in [1.54, 1.807) is 60.7 Å². The summed E-state index contributed by atoms with van der Waals surface area (Å²) in [5, 5.41) is 2.70. The highest BCUT2D eigenvalue weighted by atomic mass is 32.2. The largest absolute Gasteiger partial charge is 0.397 e. The molecule has 0 saturated carbocycles. The molecular formula is C28H28N4O3S. The highest BCUT2D eigenvalue weighted by molar-refractivity contribution is 7.90. The topological polar surface area (TPSA) is 97.4 Å². The fourth-order valence-corrected chi connectivity index (χ4v) is 4.91. The molecular weight excluding hydrogens is 472 g/mol. The molecule has 0 fully saturated rings. The predicted octanol–water partition coefficient (Wildman–Crippen LogP) is 4.69. The average molecular weight is 501 g/mol. The molecule has 4 aromatic rings. The Balaban J connectivity index is 1.45. The lowest BCUT2D eigenvalue weighted by molar-refractivity contribution is -0.111. The third-order valence-electron chi connectivity index (χ3n) is 5.55. The summed E-state index contributed by atoms with van der Waals surface area (Å²) >= 11 is 0. The minimum atomic E-state index is -3.77. The number of nitrogen functional groups attached to an aromatic ring is 1. The second kappa shape index (κ2) is 10.6. The van der Waals surface area contributed by atoms with E-state index in [0.29, 0.717) is 16.9 Å². The summed E-state index contributed by atoms with van der Waals surface area (Å²) < 4.78 is 27.3. The number of hydrogen-bond acceptors (Lipinski definition) is 5. The quantitative estimate of drug-likeness (QED) is 0.270. The molecule has 0 bridgehead atoms. The standard InChI is InChI=1S/C28H28N4O3S/c1-31(2)19-21-7-10-23(11-8-21)24-12-14-25(15-13-24)36(34,35)32-18-17-22(20-32)9-16-28(33)30-27-6-4-3-5-26(27)29/h3-18,20H,19,29H2,1-2H3,(H,30,33). The minimum Gasteiger partial charge on any atom is -0.397 e. The van der Waals surface area contributed by atoms with Gasteiger partial charge in [0, 0.05) is 25.0 Å². The number of nitrogens with two attached hydrogens (primary N) is 1. The van der Waals surface area contributed by atoms with Crippen molar-refractivity contribution in [3.63, 3.8) is 0 Å². The van der Waals surface area contributed by atoms with Crippen LogP contribution in [0.25, 0.3) is 17.2 Å². The predicted molar refractivity (Wildman–Crippen MR) is 145 cm³/mol. The molecule has 0 atom stereocenters. The smallest absolute Gasteiger partial charge is 0.267 e. The van der Waals surface area contributed by atoms with Gasteiger partial charge in [-0.05, 0) is 72.8 Å². The van der Waals surface area contributed by atoms with Crippen LogP contribution in [0, 0.1) is 0 Å². The van der Waals surface area contributed by atoms with Gasteiger partial charge in [-0.25, -0.2) is 12.4 Å². The molecule has 184 valence electrons. The minimum absolute atomic E-state index is 0.180. The Hall–Kier alpha value is -4.14. The molecule has 1 heterocycles. The Morgan fingerprint density at radius 1 is 0.944 bits per heavy atom. The summed E-state index contributed by atoms with van der Waals surface area (Å²) in [5.41, 5.74) is 10.6. The molecule has 0 aliphatic rings. The summed E-state index contributed by atoms with van der Waals surface area (Å²) in [6.07, 6.45) is 5.80. The van der Waals surface area contributed by atoms with Crippen molar-refractivity contribution < 1.29 is 13.2 Å². The van der Waals surface area contributed by atoms with Crippen LogP contribution in [0.15, 0.2) is 102 Å². The number of para-hydroxylation sites is 2. The molecule has 4 rings (SSSR count). The number of benzene rings is 3. The third-order valence-corrected chi connectivity index (χ3v) is 7.20. The summed E-state index contributed by atoms with van der Waals surface area (Å²) in [5.74, 6) is -0.367. The molecule has 0 radical (unpaired) electrons. The number of nitrogens with zero attached hydrogens (tertiary/aromatic N) is 2. The molecule has 8 heteroatoms. The van der Waals surface area contributed by atoms with Crippen molar-refractivity contribution in [1.82, 2.24) is 8.87 Å². The van der Waals surface area contributed by atoms with Gasteiger partial charge in [-0.2, -0.15) is 0 Å². The van der Waals surface area contributed by atoms with Crippen LogP contribution in [0.2, 0.25) is 0 Å². The van der Waals surface area contributed by atoms with Gasteiger partial charge in [0.2, 0.25) is 5.91 Å². The first-order valence-electron chi connectivity index (χ1n) is 11.3. The Bertz CT molecular complexity index is 1490. The summed E-state index contributed by atoms with van der Waals surface area (Å²) in [7, 11) is 0.279. The Kier molecular flexibility index (Phi) is 7.38. The second-order valence-electron chi connectivity index (χ2n) is 8.65. The van der Waals surface area contributed by atoms with E-state index in [9.17, 15) is 13.2 Å². The van der Waals surface area contributed by atoms with Crippen LogP contribution >= 0.6 is 0 Å². The molecule has 0 aliphatic heterocycles. The summed E-state index contributed by atoms with van der Waals surface area (Å²) in [4.78, 5) is 14.5. The lowest BCUT2D eigenvalue weighted by Crippen LogP contribution is -2.11. The first-order chi connectivity index (χ1) is 17.2. The molecule has 7 nitrogen and oxygen atoms in total. The third kappa shape index (κ3) is 5.91. The molecule has 36 heavy (non-hydrogen) atoms. The number of carbonyl (C=O) groups is 1. The Morgan fingerprint density at radius 2 is 1.58 bits per heavy atom. The zero-order valence-corrected chi connectivity index (χ0v) is 20.9. The van der Waals surface area contributed by atoms with Crippen LogP contribution in [-0.2, 0) is 21.4 Å². The number of aromatic nitrogens is 1.